The van der Waals surface area contributed by atoms with Crippen molar-refractivity contribution in [3.05, 3.63) is 0 Å². The number of rotatable bonds is 8. The third-order valence-corrected chi connectivity index (χ3v) is 5.28. The highest BCUT2D eigenvalue weighted by Gasteiger charge is 2.12. The van der Waals surface area contributed by atoms with Crippen molar-refractivity contribution in [3.63, 3.8) is 0 Å². The lowest BCUT2D eigenvalue weighted by molar-refractivity contribution is 0.567. The molecule has 0 heterocycles. The zero-order valence-electron chi connectivity index (χ0n) is 9.65. The summed E-state index contributed by atoms with van der Waals surface area (Å²) in [4.78, 5) is 0. The van der Waals surface area contributed by atoms with Crippen LogP contribution in [-0.4, -0.2) is 48.2 Å². The lowest BCUT2D eigenvalue weighted by atomic mass is 10.4. The summed E-state index contributed by atoms with van der Waals surface area (Å²) in [6.45, 7) is 5.97. The van der Waals surface area contributed by atoms with E-state index in [1.165, 1.54) is 0 Å². The molecule has 2 atom stereocenters. The van der Waals surface area contributed by atoms with Crippen LogP contribution in [0.3, 0.4) is 0 Å². The van der Waals surface area contributed by atoms with Gasteiger partial charge in [-0.1, -0.05) is 13.8 Å². The Morgan fingerprint density at radius 1 is 1.33 bits per heavy atom. The highest BCUT2D eigenvalue weighted by atomic mass is 32.2. The highest BCUT2D eigenvalue weighted by Crippen LogP contribution is 1.94. The molecule has 15 heavy (non-hydrogen) atoms. The van der Waals surface area contributed by atoms with Crippen LogP contribution in [-0.2, 0) is 20.6 Å². The summed E-state index contributed by atoms with van der Waals surface area (Å²) in [6, 6.07) is -0.0659. The first-order valence-corrected chi connectivity index (χ1v) is 8.51. The Balaban J connectivity index is 3.76. The highest BCUT2D eigenvalue weighted by molar-refractivity contribution is 7.91. The minimum Gasteiger partial charge on any atom is -0.312 e. The van der Waals surface area contributed by atoms with Gasteiger partial charge in [0.2, 0.25) is 0 Å². The Bertz CT molecular complexity index is 288. The molecule has 0 aromatic heterocycles. The van der Waals surface area contributed by atoms with Gasteiger partial charge in [-0.25, -0.2) is 8.42 Å². The van der Waals surface area contributed by atoms with Crippen molar-refractivity contribution in [1.82, 2.24) is 5.32 Å². The van der Waals surface area contributed by atoms with E-state index in [1.807, 2.05) is 13.8 Å². The molecular weight excluding hydrogens is 234 g/mol. The molecule has 0 aliphatic carbocycles. The molecule has 2 unspecified atom stereocenters. The maximum absolute atomic E-state index is 11.3. The lowest BCUT2D eigenvalue weighted by Crippen LogP contribution is -2.36. The van der Waals surface area contributed by atoms with Crippen LogP contribution in [0.15, 0.2) is 0 Å². The number of hydrogen-bond donors (Lipinski definition) is 1. The third-order valence-electron chi connectivity index (χ3n) is 2.09. The molecule has 0 amide bonds. The van der Waals surface area contributed by atoms with Gasteiger partial charge in [0.15, 0.2) is 9.84 Å². The standard InChI is InChI=1S/C9H21NO3S2/c1-4-14(11)7-6-10-9(3)8-15(12,13)5-2/h9-10H,4-8H2,1-3H3. The van der Waals surface area contributed by atoms with Crippen LogP contribution in [0.25, 0.3) is 0 Å². The number of nitrogens with one attached hydrogen (secondary N) is 1. The van der Waals surface area contributed by atoms with Crippen molar-refractivity contribution in [3.8, 4) is 0 Å². The summed E-state index contributed by atoms with van der Waals surface area (Å²) in [7, 11) is -3.69. The van der Waals surface area contributed by atoms with E-state index in [9.17, 15) is 12.6 Å². The Morgan fingerprint density at radius 3 is 2.40 bits per heavy atom. The minimum absolute atomic E-state index is 0.0659. The summed E-state index contributed by atoms with van der Waals surface area (Å²) in [6.07, 6.45) is 0. The molecule has 0 saturated carbocycles. The molecule has 0 aliphatic heterocycles. The van der Waals surface area contributed by atoms with Crippen LogP contribution < -0.4 is 5.32 Å². The summed E-state index contributed by atoms with van der Waals surface area (Å²) in [5, 5.41) is 3.07. The van der Waals surface area contributed by atoms with Crippen molar-refractivity contribution in [1.29, 1.82) is 0 Å². The normalized spacial score (nSPS) is 16.2. The largest absolute Gasteiger partial charge is 0.312 e. The molecule has 0 spiro atoms. The van der Waals surface area contributed by atoms with Gasteiger partial charge in [0, 0.05) is 40.6 Å². The lowest BCUT2D eigenvalue weighted by Gasteiger charge is -2.12. The van der Waals surface area contributed by atoms with E-state index in [4.69, 9.17) is 0 Å². The van der Waals surface area contributed by atoms with Crippen molar-refractivity contribution in [2.45, 2.75) is 26.8 Å². The molecule has 0 aromatic carbocycles. The smallest absolute Gasteiger partial charge is 0.151 e. The average Bonchev–Trinajstić information content (AvgIpc) is 2.16. The van der Waals surface area contributed by atoms with E-state index in [2.05, 4.69) is 5.32 Å². The van der Waals surface area contributed by atoms with E-state index >= 15 is 0 Å². The van der Waals surface area contributed by atoms with E-state index in [1.54, 1.807) is 6.92 Å². The van der Waals surface area contributed by atoms with Crippen LogP contribution in [0.2, 0.25) is 0 Å². The summed E-state index contributed by atoms with van der Waals surface area (Å²) >= 11 is 0. The predicted octanol–water partition coefficient (Wildman–Crippen LogP) is 0.168. The molecule has 92 valence electrons. The maximum Gasteiger partial charge on any atom is 0.151 e. The zero-order chi connectivity index (χ0) is 11.9. The van der Waals surface area contributed by atoms with Crippen LogP contribution in [0.4, 0.5) is 0 Å². The summed E-state index contributed by atoms with van der Waals surface area (Å²) in [5.74, 6) is 1.58. The van der Waals surface area contributed by atoms with E-state index in [0.717, 1.165) is 0 Å². The van der Waals surface area contributed by atoms with E-state index < -0.39 is 20.6 Å². The van der Waals surface area contributed by atoms with Crippen LogP contribution in [0, 0.1) is 0 Å². The Kier molecular flexibility index (Phi) is 7.38. The summed E-state index contributed by atoms with van der Waals surface area (Å²) < 4.78 is 33.6. The van der Waals surface area contributed by atoms with Crippen molar-refractivity contribution >= 4 is 20.6 Å². The second-order valence-corrected chi connectivity index (χ2v) is 7.75. The first kappa shape index (κ1) is 15.1. The molecule has 0 fully saturated rings. The maximum atomic E-state index is 11.3. The van der Waals surface area contributed by atoms with Crippen LogP contribution in [0.1, 0.15) is 20.8 Å². The van der Waals surface area contributed by atoms with Crippen molar-refractivity contribution in [2.24, 2.45) is 0 Å². The molecule has 4 nitrogen and oxygen atoms in total. The number of hydrogen-bond acceptors (Lipinski definition) is 4. The minimum atomic E-state index is -2.91. The van der Waals surface area contributed by atoms with Gasteiger partial charge in [-0.3, -0.25) is 4.21 Å². The average molecular weight is 255 g/mol. The summed E-state index contributed by atoms with van der Waals surface area (Å²) in [5.41, 5.74) is 0. The quantitative estimate of drug-likeness (QED) is 0.671. The van der Waals surface area contributed by atoms with E-state index in [-0.39, 0.29) is 17.5 Å². The molecule has 0 bridgehead atoms. The second-order valence-electron chi connectivity index (χ2n) is 3.49. The predicted molar refractivity (Wildman–Crippen MR) is 65.3 cm³/mol. The first-order chi connectivity index (χ1) is 6.91. The van der Waals surface area contributed by atoms with Gasteiger partial charge in [0.25, 0.3) is 0 Å². The van der Waals surface area contributed by atoms with E-state index in [0.29, 0.717) is 18.1 Å². The van der Waals surface area contributed by atoms with Gasteiger partial charge in [0.1, 0.15) is 0 Å². The third kappa shape index (κ3) is 7.93. The molecular formula is C9H21NO3S2. The fourth-order valence-electron chi connectivity index (χ4n) is 1.12. The van der Waals surface area contributed by atoms with Gasteiger partial charge in [-0.2, -0.15) is 0 Å². The molecule has 0 rings (SSSR count). The molecule has 0 aromatic rings. The van der Waals surface area contributed by atoms with Gasteiger partial charge < -0.3 is 5.32 Å². The fourth-order valence-corrected chi connectivity index (χ4v) is 2.87. The van der Waals surface area contributed by atoms with Gasteiger partial charge >= 0.3 is 0 Å². The molecule has 0 saturated heterocycles. The molecule has 0 radical (unpaired) electrons. The monoisotopic (exact) mass is 255 g/mol. The Labute approximate surface area is 95.2 Å². The van der Waals surface area contributed by atoms with Gasteiger partial charge in [-0.05, 0) is 6.92 Å². The second kappa shape index (κ2) is 7.35. The van der Waals surface area contributed by atoms with Crippen LogP contribution in [0.5, 0.6) is 0 Å². The first-order valence-electron chi connectivity index (χ1n) is 5.20. The van der Waals surface area contributed by atoms with Gasteiger partial charge in [-0.15, -0.1) is 0 Å². The topological polar surface area (TPSA) is 63.2 Å². The molecule has 0 aliphatic rings. The SMILES string of the molecule is CCS(=O)CCNC(C)CS(=O)(=O)CC. The van der Waals surface area contributed by atoms with Crippen LogP contribution >= 0.6 is 0 Å². The number of sulfone groups is 1. The molecule has 1 N–H and O–H groups in total. The Hall–Kier alpha value is 0.0600. The Morgan fingerprint density at radius 2 is 1.93 bits per heavy atom. The fraction of sp³-hybridized carbons (Fsp3) is 1.00. The van der Waals surface area contributed by atoms with Gasteiger partial charge in [0.05, 0.1) is 5.75 Å². The molecule has 6 heteroatoms. The zero-order valence-corrected chi connectivity index (χ0v) is 11.3. The van der Waals surface area contributed by atoms with Crippen molar-refractivity contribution < 1.29 is 12.6 Å². The van der Waals surface area contributed by atoms with Crippen molar-refractivity contribution in [2.75, 3.05) is 29.6 Å².